The van der Waals surface area contributed by atoms with Gasteiger partial charge >= 0.3 is 0 Å². The van der Waals surface area contributed by atoms with E-state index in [-0.39, 0.29) is 5.91 Å². The Balaban J connectivity index is 1.74. The number of carbonyl (C=O) groups is 1. The van der Waals surface area contributed by atoms with Crippen LogP contribution in [0.4, 0.5) is 5.13 Å². The minimum absolute atomic E-state index is 0.0373. The Kier molecular flexibility index (Phi) is 4.68. The van der Waals surface area contributed by atoms with Crippen LogP contribution in [0.25, 0.3) is 0 Å². The molecule has 1 aromatic rings. The Labute approximate surface area is 111 Å². The minimum Gasteiger partial charge on any atom is -0.379 e. The van der Waals surface area contributed by atoms with Gasteiger partial charge in [0.25, 0.3) is 0 Å². The zero-order valence-corrected chi connectivity index (χ0v) is 11.7. The number of morpholine rings is 1. The Bertz CT molecular complexity index is 394. The average Bonchev–Trinajstić information content (AvgIpc) is 2.67. The Morgan fingerprint density at radius 3 is 2.78 bits per heavy atom. The van der Waals surface area contributed by atoms with Crippen LogP contribution in [-0.2, 0) is 9.53 Å². The number of ether oxygens (including phenoxy) is 1. The first kappa shape index (κ1) is 13.5. The van der Waals surface area contributed by atoms with Gasteiger partial charge in [0, 0.05) is 30.9 Å². The molecule has 1 aliphatic rings. The van der Waals surface area contributed by atoms with Crippen LogP contribution in [0.15, 0.2) is 0 Å². The SMILES string of the molecule is Cc1nc(NC(=O)CCN2CCOCC2)sc1C. The molecule has 0 saturated carbocycles. The molecule has 2 rings (SSSR count). The van der Waals surface area contributed by atoms with Gasteiger partial charge in [-0.3, -0.25) is 9.69 Å². The maximum Gasteiger partial charge on any atom is 0.227 e. The van der Waals surface area contributed by atoms with Crippen molar-refractivity contribution in [3.8, 4) is 0 Å². The summed E-state index contributed by atoms with van der Waals surface area (Å²) in [7, 11) is 0. The monoisotopic (exact) mass is 269 g/mol. The second-order valence-corrected chi connectivity index (χ2v) is 5.62. The van der Waals surface area contributed by atoms with Gasteiger partial charge in [-0.1, -0.05) is 0 Å². The molecule has 1 fully saturated rings. The summed E-state index contributed by atoms with van der Waals surface area (Å²) in [5, 5.41) is 3.56. The average molecular weight is 269 g/mol. The summed E-state index contributed by atoms with van der Waals surface area (Å²) in [5.74, 6) is 0.0373. The van der Waals surface area contributed by atoms with Gasteiger partial charge in [0.2, 0.25) is 5.91 Å². The molecule has 0 unspecified atom stereocenters. The van der Waals surface area contributed by atoms with E-state index in [0.29, 0.717) is 11.6 Å². The summed E-state index contributed by atoms with van der Waals surface area (Å²) in [6.45, 7) is 8.13. The molecular formula is C12H19N3O2S. The molecule has 6 heteroatoms. The molecule has 1 N–H and O–H groups in total. The third kappa shape index (κ3) is 3.76. The van der Waals surface area contributed by atoms with E-state index >= 15 is 0 Å². The third-order valence-corrected chi connectivity index (χ3v) is 4.02. The van der Waals surface area contributed by atoms with Gasteiger partial charge in [-0.25, -0.2) is 4.98 Å². The highest BCUT2D eigenvalue weighted by Crippen LogP contribution is 2.21. The minimum atomic E-state index is 0.0373. The van der Waals surface area contributed by atoms with Gasteiger partial charge in [0.05, 0.1) is 18.9 Å². The lowest BCUT2D eigenvalue weighted by atomic mass is 10.3. The van der Waals surface area contributed by atoms with Crippen LogP contribution in [0.3, 0.4) is 0 Å². The number of nitrogens with one attached hydrogen (secondary N) is 1. The zero-order valence-electron chi connectivity index (χ0n) is 10.9. The van der Waals surface area contributed by atoms with Crippen molar-refractivity contribution in [1.29, 1.82) is 0 Å². The smallest absolute Gasteiger partial charge is 0.227 e. The van der Waals surface area contributed by atoms with Gasteiger partial charge < -0.3 is 10.1 Å². The fourth-order valence-electron chi connectivity index (χ4n) is 1.79. The van der Waals surface area contributed by atoms with Crippen LogP contribution >= 0.6 is 11.3 Å². The second-order valence-electron chi connectivity index (χ2n) is 4.41. The van der Waals surface area contributed by atoms with Gasteiger partial charge in [0.15, 0.2) is 5.13 Å². The van der Waals surface area contributed by atoms with Crippen molar-refractivity contribution < 1.29 is 9.53 Å². The highest BCUT2D eigenvalue weighted by molar-refractivity contribution is 7.15. The summed E-state index contributed by atoms with van der Waals surface area (Å²) in [6, 6.07) is 0. The number of rotatable bonds is 4. The maximum atomic E-state index is 11.8. The quantitative estimate of drug-likeness (QED) is 0.898. The van der Waals surface area contributed by atoms with Crippen LogP contribution < -0.4 is 5.32 Å². The van der Waals surface area contributed by atoms with Crippen LogP contribution in [0.2, 0.25) is 0 Å². The first-order chi connectivity index (χ1) is 8.65. The van der Waals surface area contributed by atoms with E-state index in [1.54, 1.807) is 0 Å². The molecule has 1 amide bonds. The second kappa shape index (κ2) is 6.26. The summed E-state index contributed by atoms with van der Waals surface area (Å²) in [6.07, 6.45) is 0.512. The van der Waals surface area contributed by atoms with Crippen molar-refractivity contribution in [3.63, 3.8) is 0 Å². The van der Waals surface area contributed by atoms with Crippen molar-refractivity contribution in [2.75, 3.05) is 38.2 Å². The fourth-order valence-corrected chi connectivity index (χ4v) is 2.62. The number of amides is 1. The lowest BCUT2D eigenvalue weighted by molar-refractivity contribution is -0.116. The van der Waals surface area contributed by atoms with E-state index in [4.69, 9.17) is 4.74 Å². The van der Waals surface area contributed by atoms with Crippen LogP contribution in [0, 0.1) is 13.8 Å². The Hall–Kier alpha value is -0.980. The van der Waals surface area contributed by atoms with Crippen molar-refractivity contribution in [2.24, 2.45) is 0 Å². The fraction of sp³-hybridized carbons (Fsp3) is 0.667. The lowest BCUT2D eigenvalue weighted by Gasteiger charge is -2.26. The third-order valence-electron chi connectivity index (χ3n) is 3.03. The molecule has 2 heterocycles. The van der Waals surface area contributed by atoms with Crippen LogP contribution in [-0.4, -0.2) is 48.6 Å². The first-order valence-electron chi connectivity index (χ1n) is 6.19. The highest BCUT2D eigenvalue weighted by atomic mass is 32.1. The first-order valence-corrected chi connectivity index (χ1v) is 7.01. The van der Waals surface area contributed by atoms with E-state index in [2.05, 4.69) is 15.2 Å². The van der Waals surface area contributed by atoms with Gasteiger partial charge in [-0.2, -0.15) is 0 Å². The number of hydrogen-bond donors (Lipinski definition) is 1. The van der Waals surface area contributed by atoms with E-state index in [0.717, 1.165) is 43.4 Å². The molecule has 0 aromatic carbocycles. The molecular weight excluding hydrogens is 250 g/mol. The van der Waals surface area contributed by atoms with E-state index in [9.17, 15) is 4.79 Å². The highest BCUT2D eigenvalue weighted by Gasteiger charge is 2.13. The Morgan fingerprint density at radius 1 is 1.44 bits per heavy atom. The maximum absolute atomic E-state index is 11.8. The van der Waals surface area contributed by atoms with Gasteiger partial charge in [0.1, 0.15) is 0 Å². The molecule has 0 atom stereocenters. The van der Waals surface area contributed by atoms with Crippen LogP contribution in [0.1, 0.15) is 17.0 Å². The topological polar surface area (TPSA) is 54.5 Å². The van der Waals surface area contributed by atoms with Gasteiger partial charge in [-0.05, 0) is 13.8 Å². The van der Waals surface area contributed by atoms with Crippen molar-refractivity contribution in [3.05, 3.63) is 10.6 Å². The molecule has 0 aliphatic carbocycles. The summed E-state index contributed by atoms with van der Waals surface area (Å²) in [5.41, 5.74) is 0.989. The molecule has 0 radical (unpaired) electrons. The molecule has 1 aromatic heterocycles. The van der Waals surface area contributed by atoms with Crippen LogP contribution in [0.5, 0.6) is 0 Å². The number of aryl methyl sites for hydroxylation is 2. The summed E-state index contributed by atoms with van der Waals surface area (Å²) < 4.78 is 5.27. The van der Waals surface area contributed by atoms with Crippen molar-refractivity contribution >= 4 is 22.4 Å². The molecule has 0 spiro atoms. The lowest BCUT2D eigenvalue weighted by Crippen LogP contribution is -2.38. The largest absolute Gasteiger partial charge is 0.379 e. The molecule has 1 saturated heterocycles. The Morgan fingerprint density at radius 2 is 2.17 bits per heavy atom. The molecule has 0 bridgehead atoms. The molecule has 5 nitrogen and oxygen atoms in total. The number of aromatic nitrogens is 1. The van der Waals surface area contributed by atoms with E-state index in [1.165, 1.54) is 11.3 Å². The number of hydrogen-bond acceptors (Lipinski definition) is 5. The predicted octanol–water partition coefficient (Wildman–Crippen LogP) is 1.42. The van der Waals surface area contributed by atoms with Crippen molar-refractivity contribution in [2.45, 2.75) is 20.3 Å². The predicted molar refractivity (Wildman–Crippen MR) is 72.1 cm³/mol. The van der Waals surface area contributed by atoms with Gasteiger partial charge in [-0.15, -0.1) is 11.3 Å². The molecule has 1 aliphatic heterocycles. The number of nitrogens with zero attached hydrogens (tertiary/aromatic N) is 2. The zero-order chi connectivity index (χ0) is 13.0. The molecule has 100 valence electrons. The van der Waals surface area contributed by atoms with E-state index in [1.807, 2.05) is 13.8 Å². The standard InChI is InChI=1S/C12H19N3O2S/c1-9-10(2)18-12(13-9)14-11(16)3-4-15-5-7-17-8-6-15/h3-8H2,1-2H3,(H,13,14,16). The summed E-state index contributed by atoms with van der Waals surface area (Å²) >= 11 is 1.53. The normalized spacial score (nSPS) is 16.8. The summed E-state index contributed by atoms with van der Waals surface area (Å²) in [4.78, 5) is 19.5. The van der Waals surface area contributed by atoms with E-state index < -0.39 is 0 Å². The molecule has 18 heavy (non-hydrogen) atoms. The number of carbonyl (C=O) groups excluding carboxylic acids is 1. The van der Waals surface area contributed by atoms with Crippen molar-refractivity contribution in [1.82, 2.24) is 9.88 Å². The number of anilines is 1. The number of thiazole rings is 1.